The van der Waals surface area contributed by atoms with Crippen LogP contribution in [0.15, 0.2) is 60.7 Å². The standard InChI is InChI=1S/C23H21IN2O/c1-2-4-15-9-12-18-21(13-15)26(14-16-7-10-17(24)11-8-16)20-6-3-5-19(22(18)20)23(25)27/h3,5-13H,2,4,14H2,1H3,(H2,25,27). The van der Waals surface area contributed by atoms with Gasteiger partial charge in [-0.05, 0) is 70.5 Å². The van der Waals surface area contributed by atoms with Crippen LogP contribution >= 0.6 is 22.6 Å². The predicted octanol–water partition coefficient (Wildman–Crippen LogP) is 5.50. The summed E-state index contributed by atoms with van der Waals surface area (Å²) in [5.41, 5.74) is 11.0. The minimum absolute atomic E-state index is 0.383. The van der Waals surface area contributed by atoms with Crippen molar-refractivity contribution in [2.24, 2.45) is 5.73 Å². The van der Waals surface area contributed by atoms with E-state index >= 15 is 0 Å². The average molecular weight is 468 g/mol. The summed E-state index contributed by atoms with van der Waals surface area (Å²) in [5, 5.41) is 2.04. The van der Waals surface area contributed by atoms with E-state index in [0.717, 1.165) is 41.2 Å². The van der Waals surface area contributed by atoms with Crippen LogP contribution in [-0.4, -0.2) is 10.5 Å². The molecular weight excluding hydrogens is 447 g/mol. The van der Waals surface area contributed by atoms with Gasteiger partial charge >= 0.3 is 0 Å². The number of nitrogens with two attached hydrogens (primary N) is 1. The van der Waals surface area contributed by atoms with Gasteiger partial charge in [0.1, 0.15) is 0 Å². The number of aryl methyl sites for hydroxylation is 1. The van der Waals surface area contributed by atoms with Crippen LogP contribution in [0.3, 0.4) is 0 Å². The molecule has 1 amide bonds. The molecule has 0 spiro atoms. The molecule has 0 saturated heterocycles. The fourth-order valence-electron chi connectivity index (χ4n) is 3.78. The molecule has 0 bridgehead atoms. The summed E-state index contributed by atoms with van der Waals surface area (Å²) < 4.78 is 3.53. The zero-order valence-corrected chi connectivity index (χ0v) is 17.4. The van der Waals surface area contributed by atoms with Gasteiger partial charge in [0.05, 0.1) is 5.52 Å². The first-order valence-electron chi connectivity index (χ1n) is 9.16. The molecule has 4 rings (SSSR count). The number of carbonyl (C=O) groups is 1. The first-order chi connectivity index (χ1) is 13.1. The zero-order chi connectivity index (χ0) is 19.0. The van der Waals surface area contributed by atoms with Gasteiger partial charge in [-0.1, -0.05) is 43.7 Å². The van der Waals surface area contributed by atoms with Crippen molar-refractivity contribution in [3.8, 4) is 0 Å². The highest BCUT2D eigenvalue weighted by molar-refractivity contribution is 14.1. The van der Waals surface area contributed by atoms with Crippen LogP contribution in [0.5, 0.6) is 0 Å². The highest BCUT2D eigenvalue weighted by Crippen LogP contribution is 2.33. The van der Waals surface area contributed by atoms with Crippen molar-refractivity contribution >= 4 is 50.3 Å². The molecule has 0 aliphatic heterocycles. The van der Waals surface area contributed by atoms with Gasteiger partial charge in [0, 0.05) is 32.0 Å². The summed E-state index contributed by atoms with van der Waals surface area (Å²) in [6.45, 7) is 2.95. The molecule has 4 aromatic rings. The van der Waals surface area contributed by atoms with Gasteiger partial charge in [0.25, 0.3) is 0 Å². The molecule has 0 unspecified atom stereocenters. The third-order valence-electron chi connectivity index (χ3n) is 5.01. The van der Waals surface area contributed by atoms with E-state index in [0.29, 0.717) is 5.56 Å². The van der Waals surface area contributed by atoms with E-state index in [1.807, 2.05) is 12.1 Å². The number of hydrogen-bond acceptors (Lipinski definition) is 1. The molecule has 0 radical (unpaired) electrons. The lowest BCUT2D eigenvalue weighted by Crippen LogP contribution is -2.11. The third-order valence-corrected chi connectivity index (χ3v) is 5.73. The Morgan fingerprint density at radius 2 is 1.74 bits per heavy atom. The van der Waals surface area contributed by atoms with Crippen molar-refractivity contribution in [1.29, 1.82) is 0 Å². The molecule has 27 heavy (non-hydrogen) atoms. The fourth-order valence-corrected chi connectivity index (χ4v) is 4.14. The molecule has 4 heteroatoms. The molecule has 3 aromatic carbocycles. The quantitative estimate of drug-likeness (QED) is 0.387. The van der Waals surface area contributed by atoms with Crippen molar-refractivity contribution < 1.29 is 4.79 Å². The number of nitrogens with zero attached hydrogens (tertiary/aromatic N) is 1. The Hall–Kier alpha value is -2.34. The Balaban J connectivity index is 2.00. The Morgan fingerprint density at radius 3 is 2.44 bits per heavy atom. The number of hydrogen-bond donors (Lipinski definition) is 1. The lowest BCUT2D eigenvalue weighted by Gasteiger charge is -2.09. The Morgan fingerprint density at radius 1 is 1.00 bits per heavy atom. The van der Waals surface area contributed by atoms with Gasteiger partial charge in [0.15, 0.2) is 0 Å². The third kappa shape index (κ3) is 3.34. The van der Waals surface area contributed by atoms with Crippen molar-refractivity contribution in [2.45, 2.75) is 26.3 Å². The molecular formula is C23H21IN2O. The lowest BCUT2D eigenvalue weighted by atomic mass is 10.0. The van der Waals surface area contributed by atoms with E-state index < -0.39 is 0 Å². The largest absolute Gasteiger partial charge is 0.366 e. The fraction of sp³-hybridized carbons (Fsp3) is 0.174. The smallest absolute Gasteiger partial charge is 0.249 e. The maximum atomic E-state index is 12.0. The van der Waals surface area contributed by atoms with E-state index in [9.17, 15) is 4.79 Å². The van der Waals surface area contributed by atoms with Crippen LogP contribution in [-0.2, 0) is 13.0 Å². The summed E-state index contributed by atoms with van der Waals surface area (Å²) in [7, 11) is 0. The van der Waals surface area contributed by atoms with Gasteiger partial charge in [-0.25, -0.2) is 0 Å². The van der Waals surface area contributed by atoms with Gasteiger partial charge in [0.2, 0.25) is 5.91 Å². The molecule has 2 N–H and O–H groups in total. The summed E-state index contributed by atoms with van der Waals surface area (Å²) in [6, 6.07) is 20.9. The highest BCUT2D eigenvalue weighted by atomic mass is 127. The van der Waals surface area contributed by atoms with E-state index in [2.05, 4.69) is 82.6 Å². The van der Waals surface area contributed by atoms with Crippen LogP contribution in [0.4, 0.5) is 0 Å². The lowest BCUT2D eigenvalue weighted by molar-refractivity contribution is 0.100. The van der Waals surface area contributed by atoms with Crippen molar-refractivity contribution in [2.75, 3.05) is 0 Å². The second-order valence-corrected chi connectivity index (χ2v) is 8.12. The number of benzene rings is 3. The maximum absolute atomic E-state index is 12.0. The Bertz CT molecular complexity index is 1140. The SMILES string of the molecule is CCCc1ccc2c3c(C(N)=O)cccc3n(Cc3ccc(I)cc3)c2c1. The van der Waals surface area contributed by atoms with Crippen LogP contribution in [0.25, 0.3) is 21.8 Å². The van der Waals surface area contributed by atoms with Crippen LogP contribution in [0, 0.1) is 3.57 Å². The molecule has 3 nitrogen and oxygen atoms in total. The first kappa shape index (κ1) is 18.0. The minimum Gasteiger partial charge on any atom is -0.366 e. The van der Waals surface area contributed by atoms with Gasteiger partial charge in [-0.3, -0.25) is 4.79 Å². The van der Waals surface area contributed by atoms with Crippen molar-refractivity contribution in [3.63, 3.8) is 0 Å². The second-order valence-electron chi connectivity index (χ2n) is 6.88. The summed E-state index contributed by atoms with van der Waals surface area (Å²) >= 11 is 2.32. The number of halogens is 1. The number of fused-ring (bicyclic) bond motifs is 3. The first-order valence-corrected chi connectivity index (χ1v) is 10.2. The molecule has 1 heterocycles. The topological polar surface area (TPSA) is 48.0 Å². The number of primary amides is 1. The van der Waals surface area contributed by atoms with Gasteiger partial charge < -0.3 is 10.3 Å². The summed E-state index contributed by atoms with van der Waals surface area (Å²) in [6.07, 6.45) is 2.15. The average Bonchev–Trinajstić information content (AvgIpc) is 2.97. The van der Waals surface area contributed by atoms with E-state index in [1.54, 1.807) is 0 Å². The number of carbonyl (C=O) groups excluding carboxylic acids is 1. The normalized spacial score (nSPS) is 11.3. The van der Waals surface area contributed by atoms with E-state index in [1.165, 1.54) is 14.7 Å². The summed E-state index contributed by atoms with van der Waals surface area (Å²) in [4.78, 5) is 12.0. The number of rotatable bonds is 5. The van der Waals surface area contributed by atoms with Crippen LogP contribution in [0.1, 0.15) is 34.8 Å². The van der Waals surface area contributed by atoms with Crippen LogP contribution in [0.2, 0.25) is 0 Å². The number of amides is 1. The molecule has 0 aliphatic rings. The van der Waals surface area contributed by atoms with Crippen molar-refractivity contribution in [1.82, 2.24) is 4.57 Å². The van der Waals surface area contributed by atoms with Gasteiger partial charge in [-0.2, -0.15) is 0 Å². The minimum atomic E-state index is -0.383. The summed E-state index contributed by atoms with van der Waals surface area (Å²) in [5.74, 6) is -0.383. The molecule has 0 saturated carbocycles. The highest BCUT2D eigenvalue weighted by Gasteiger charge is 2.16. The van der Waals surface area contributed by atoms with Crippen molar-refractivity contribution in [3.05, 3.63) is 80.9 Å². The molecule has 1 aromatic heterocycles. The van der Waals surface area contributed by atoms with Gasteiger partial charge in [-0.15, -0.1) is 0 Å². The molecule has 136 valence electrons. The molecule has 0 fully saturated rings. The monoisotopic (exact) mass is 468 g/mol. The Kier molecular flexibility index (Phi) is 4.91. The van der Waals surface area contributed by atoms with E-state index in [4.69, 9.17) is 5.73 Å². The Labute approximate surface area is 172 Å². The number of aromatic nitrogens is 1. The van der Waals surface area contributed by atoms with E-state index in [-0.39, 0.29) is 5.91 Å². The zero-order valence-electron chi connectivity index (χ0n) is 15.2. The predicted molar refractivity (Wildman–Crippen MR) is 120 cm³/mol. The second kappa shape index (κ2) is 7.35. The molecule has 0 atom stereocenters. The molecule has 0 aliphatic carbocycles. The maximum Gasteiger partial charge on any atom is 0.249 e. The van der Waals surface area contributed by atoms with Crippen LogP contribution < -0.4 is 5.73 Å².